The van der Waals surface area contributed by atoms with E-state index in [0.29, 0.717) is 18.7 Å². The fourth-order valence-electron chi connectivity index (χ4n) is 2.82. The minimum atomic E-state index is -1.02. The Morgan fingerprint density at radius 3 is 2.30 bits per heavy atom. The van der Waals surface area contributed by atoms with Crippen molar-refractivity contribution in [2.45, 2.75) is 44.8 Å². The van der Waals surface area contributed by atoms with Crippen molar-refractivity contribution in [1.82, 2.24) is 4.90 Å². The van der Waals surface area contributed by atoms with Crippen LogP contribution in [0.15, 0.2) is 24.3 Å². The van der Waals surface area contributed by atoms with Crippen LogP contribution in [0.4, 0.5) is 4.79 Å². The summed E-state index contributed by atoms with van der Waals surface area (Å²) in [6.45, 7) is 5.65. The fourth-order valence-corrected chi connectivity index (χ4v) is 2.82. The number of carbonyl (C=O) groups excluding carboxylic acids is 1. The summed E-state index contributed by atoms with van der Waals surface area (Å²) in [5.74, 6) is -0.567. The first-order chi connectivity index (χ1) is 10.7. The van der Waals surface area contributed by atoms with Gasteiger partial charge in [-0.1, -0.05) is 12.1 Å². The number of rotatable bonds is 3. The van der Waals surface area contributed by atoms with Crippen LogP contribution in [0.5, 0.6) is 5.75 Å². The van der Waals surface area contributed by atoms with E-state index < -0.39 is 23.7 Å². The number of hydrogen-bond acceptors (Lipinski definition) is 4. The molecule has 126 valence electrons. The van der Waals surface area contributed by atoms with Crippen molar-refractivity contribution >= 4 is 12.1 Å². The molecule has 2 atom stereocenters. The Morgan fingerprint density at radius 2 is 1.83 bits per heavy atom. The van der Waals surface area contributed by atoms with Crippen LogP contribution in [0.2, 0.25) is 0 Å². The quantitative estimate of drug-likeness (QED) is 0.926. The predicted molar refractivity (Wildman–Crippen MR) is 84.7 cm³/mol. The lowest BCUT2D eigenvalue weighted by Gasteiger charge is -2.28. The van der Waals surface area contributed by atoms with Crippen LogP contribution in [0.3, 0.4) is 0 Å². The second-order valence-corrected chi connectivity index (χ2v) is 6.63. The largest absolute Gasteiger partial charge is 0.497 e. The lowest BCUT2D eigenvalue weighted by atomic mass is 9.92. The number of benzene rings is 1. The molecule has 1 N–H and O–H groups in total. The van der Waals surface area contributed by atoms with Crippen LogP contribution in [-0.2, 0) is 9.53 Å². The summed E-state index contributed by atoms with van der Waals surface area (Å²) in [7, 11) is 1.58. The summed E-state index contributed by atoms with van der Waals surface area (Å²) < 4.78 is 10.4. The Balaban J connectivity index is 2.22. The number of amides is 1. The number of nitrogens with zero attached hydrogens (tertiary/aromatic N) is 1. The van der Waals surface area contributed by atoms with Gasteiger partial charge < -0.3 is 14.6 Å². The third-order valence-corrected chi connectivity index (χ3v) is 3.82. The standard InChI is InChI=1S/C17H23NO5/c1-17(2,3)23-16(21)18-10-9-13(14(18)15(19)20)11-5-7-12(22-4)8-6-11/h5-8,13-14H,9-10H2,1-4H3,(H,19,20)/t13-,14?/m1/s1. The van der Waals surface area contributed by atoms with Crippen molar-refractivity contribution < 1.29 is 24.2 Å². The third-order valence-electron chi connectivity index (χ3n) is 3.82. The monoisotopic (exact) mass is 321 g/mol. The molecule has 1 amide bonds. The van der Waals surface area contributed by atoms with E-state index in [4.69, 9.17) is 9.47 Å². The number of likely N-dealkylation sites (tertiary alicyclic amines) is 1. The molecule has 6 heteroatoms. The number of carboxylic acid groups (broad SMARTS) is 1. The van der Waals surface area contributed by atoms with Crippen molar-refractivity contribution in [3.05, 3.63) is 29.8 Å². The maximum atomic E-state index is 12.3. The Kier molecular flexibility index (Phi) is 4.82. The number of carboxylic acids is 1. The highest BCUT2D eigenvalue weighted by atomic mass is 16.6. The first kappa shape index (κ1) is 17.1. The summed E-state index contributed by atoms with van der Waals surface area (Å²) in [6, 6.07) is 6.36. The van der Waals surface area contributed by atoms with Gasteiger partial charge >= 0.3 is 12.1 Å². The minimum Gasteiger partial charge on any atom is -0.497 e. The van der Waals surface area contributed by atoms with Gasteiger partial charge in [-0.2, -0.15) is 0 Å². The average molecular weight is 321 g/mol. The molecule has 6 nitrogen and oxygen atoms in total. The molecule has 23 heavy (non-hydrogen) atoms. The lowest BCUT2D eigenvalue weighted by Crippen LogP contribution is -2.45. The van der Waals surface area contributed by atoms with Crippen LogP contribution in [0, 0.1) is 0 Å². The minimum absolute atomic E-state index is 0.258. The fraction of sp³-hybridized carbons (Fsp3) is 0.529. The van der Waals surface area contributed by atoms with Gasteiger partial charge in [0.1, 0.15) is 17.4 Å². The third kappa shape index (κ3) is 3.94. The predicted octanol–water partition coefficient (Wildman–Crippen LogP) is 2.87. The van der Waals surface area contributed by atoms with E-state index in [2.05, 4.69) is 0 Å². The highest BCUT2D eigenvalue weighted by molar-refractivity contribution is 5.82. The second-order valence-electron chi connectivity index (χ2n) is 6.63. The van der Waals surface area contributed by atoms with Gasteiger partial charge in [-0.3, -0.25) is 4.90 Å². The molecule has 1 heterocycles. The number of hydrogen-bond donors (Lipinski definition) is 1. The molecule has 1 aromatic carbocycles. The van der Waals surface area contributed by atoms with Gasteiger partial charge in [0.25, 0.3) is 0 Å². The highest BCUT2D eigenvalue weighted by Crippen LogP contribution is 2.35. The molecular weight excluding hydrogens is 298 g/mol. The number of ether oxygens (including phenoxy) is 2. The zero-order valence-corrected chi connectivity index (χ0v) is 13.9. The van der Waals surface area contributed by atoms with Gasteiger partial charge in [-0.25, -0.2) is 9.59 Å². The summed E-state index contributed by atoms with van der Waals surface area (Å²) in [6.07, 6.45) is 0.00336. The highest BCUT2D eigenvalue weighted by Gasteiger charge is 2.44. The Bertz CT molecular complexity index is 576. The average Bonchev–Trinajstić information content (AvgIpc) is 2.90. The van der Waals surface area contributed by atoms with Crippen molar-refractivity contribution in [2.75, 3.05) is 13.7 Å². The smallest absolute Gasteiger partial charge is 0.411 e. The second kappa shape index (κ2) is 6.48. The molecule has 1 saturated heterocycles. The van der Waals surface area contributed by atoms with Gasteiger partial charge in [0.05, 0.1) is 7.11 Å². The zero-order chi connectivity index (χ0) is 17.2. The molecule has 1 aliphatic heterocycles. The van der Waals surface area contributed by atoms with Gasteiger partial charge in [-0.05, 0) is 44.9 Å². The van der Waals surface area contributed by atoms with E-state index in [1.807, 2.05) is 12.1 Å². The van der Waals surface area contributed by atoms with Crippen LogP contribution >= 0.6 is 0 Å². The molecular formula is C17H23NO5. The van der Waals surface area contributed by atoms with Crippen LogP contribution in [-0.4, -0.2) is 47.4 Å². The number of methoxy groups -OCH3 is 1. The van der Waals surface area contributed by atoms with E-state index >= 15 is 0 Å². The molecule has 0 bridgehead atoms. The number of aliphatic carboxylic acids is 1. The summed E-state index contributed by atoms with van der Waals surface area (Å²) in [5.41, 5.74) is 0.225. The Labute approximate surface area is 136 Å². The molecule has 2 rings (SSSR count). The molecule has 1 aromatic rings. The van der Waals surface area contributed by atoms with E-state index in [-0.39, 0.29) is 5.92 Å². The van der Waals surface area contributed by atoms with E-state index in [1.54, 1.807) is 40.0 Å². The summed E-state index contributed by atoms with van der Waals surface area (Å²) >= 11 is 0. The van der Waals surface area contributed by atoms with Crippen molar-refractivity contribution in [2.24, 2.45) is 0 Å². The van der Waals surface area contributed by atoms with E-state index in [9.17, 15) is 14.7 Å². The Morgan fingerprint density at radius 1 is 1.22 bits per heavy atom. The molecule has 0 saturated carbocycles. The first-order valence-corrected chi connectivity index (χ1v) is 7.59. The molecule has 0 aromatic heterocycles. The number of carbonyl (C=O) groups is 2. The van der Waals surface area contributed by atoms with Crippen molar-refractivity contribution in [3.63, 3.8) is 0 Å². The molecule has 1 unspecified atom stereocenters. The van der Waals surface area contributed by atoms with Crippen LogP contribution < -0.4 is 4.74 Å². The van der Waals surface area contributed by atoms with Crippen LogP contribution in [0.25, 0.3) is 0 Å². The normalized spacial score (nSPS) is 21.1. The van der Waals surface area contributed by atoms with Crippen molar-refractivity contribution in [3.8, 4) is 5.75 Å². The maximum Gasteiger partial charge on any atom is 0.411 e. The Hall–Kier alpha value is -2.24. The van der Waals surface area contributed by atoms with Gasteiger partial charge in [0.15, 0.2) is 0 Å². The SMILES string of the molecule is COc1ccc([C@H]2CCN(C(=O)OC(C)(C)C)C2C(=O)O)cc1. The van der Waals surface area contributed by atoms with E-state index in [1.165, 1.54) is 4.90 Å². The van der Waals surface area contributed by atoms with Crippen LogP contribution in [0.1, 0.15) is 38.7 Å². The molecule has 1 aliphatic rings. The molecule has 0 radical (unpaired) electrons. The maximum absolute atomic E-state index is 12.3. The van der Waals surface area contributed by atoms with Gasteiger partial charge in [-0.15, -0.1) is 0 Å². The van der Waals surface area contributed by atoms with Gasteiger partial charge in [0.2, 0.25) is 0 Å². The van der Waals surface area contributed by atoms with Crippen molar-refractivity contribution in [1.29, 1.82) is 0 Å². The topological polar surface area (TPSA) is 76.1 Å². The lowest BCUT2D eigenvalue weighted by molar-refractivity contribution is -0.142. The first-order valence-electron chi connectivity index (χ1n) is 7.59. The molecule has 0 aliphatic carbocycles. The summed E-state index contributed by atoms with van der Waals surface area (Å²) in [5, 5.41) is 9.59. The molecule has 1 fully saturated rings. The van der Waals surface area contributed by atoms with E-state index in [0.717, 1.165) is 5.56 Å². The summed E-state index contributed by atoms with van der Waals surface area (Å²) in [4.78, 5) is 25.3. The van der Waals surface area contributed by atoms with Gasteiger partial charge in [0, 0.05) is 12.5 Å². The molecule has 0 spiro atoms. The zero-order valence-electron chi connectivity index (χ0n) is 13.9.